The van der Waals surface area contributed by atoms with Gasteiger partial charge in [-0.2, -0.15) is 0 Å². The summed E-state index contributed by atoms with van der Waals surface area (Å²) in [6.45, 7) is 5.18. The smallest absolute Gasteiger partial charge is 0.242 e. The van der Waals surface area contributed by atoms with E-state index in [2.05, 4.69) is 38.8 Å². The molecule has 116 valence electrons. The van der Waals surface area contributed by atoms with Gasteiger partial charge in [0.05, 0.1) is 12.1 Å². The average Bonchev–Trinajstić information content (AvgIpc) is 2.69. The molecule has 0 radical (unpaired) electrons. The molecule has 0 spiro atoms. The third-order valence-corrected chi connectivity index (χ3v) is 4.54. The second-order valence-electron chi connectivity index (χ2n) is 5.65. The Bertz CT molecular complexity index is 689. The molecule has 0 aliphatic carbocycles. The Morgan fingerprint density at radius 3 is 2.95 bits per heavy atom. The molecule has 0 atom stereocenters. The van der Waals surface area contributed by atoms with Crippen molar-refractivity contribution in [2.45, 2.75) is 19.8 Å². The molecule has 3 rings (SSSR count). The Morgan fingerprint density at radius 1 is 1.27 bits per heavy atom. The van der Waals surface area contributed by atoms with Crippen molar-refractivity contribution in [1.29, 1.82) is 0 Å². The largest absolute Gasteiger partial charge is 0.362 e. The number of rotatable bonds is 3. The number of nitrogens with zero attached hydrogens (tertiary/aromatic N) is 3. The molecule has 1 aromatic heterocycles. The molecule has 22 heavy (non-hydrogen) atoms. The number of carbonyl (C=O) groups excluding carboxylic acids is 1. The summed E-state index contributed by atoms with van der Waals surface area (Å²) >= 11 is 3.53. The monoisotopic (exact) mass is 361 g/mol. The van der Waals surface area contributed by atoms with Gasteiger partial charge < -0.3 is 9.80 Å². The minimum absolute atomic E-state index is 0.222. The average molecular weight is 362 g/mol. The molecule has 1 aromatic carbocycles. The molecule has 1 aliphatic heterocycles. The van der Waals surface area contributed by atoms with E-state index in [1.54, 1.807) is 0 Å². The Kier molecular flexibility index (Phi) is 4.62. The highest BCUT2D eigenvalue weighted by atomic mass is 79.9. The van der Waals surface area contributed by atoms with Crippen LogP contribution in [0.1, 0.15) is 19.8 Å². The fourth-order valence-electron chi connectivity index (χ4n) is 3.01. The number of hydrogen-bond acceptors (Lipinski definition) is 3. The van der Waals surface area contributed by atoms with E-state index in [4.69, 9.17) is 0 Å². The molecule has 0 N–H and O–H groups in total. The SMILES string of the molecule is CCCN1CCCN(c2ccnc3ccc(Br)cc23)CC1=O. The third-order valence-electron chi connectivity index (χ3n) is 4.05. The molecular formula is C17H20BrN3O. The van der Waals surface area contributed by atoms with Crippen molar-refractivity contribution in [3.63, 3.8) is 0 Å². The molecule has 4 nitrogen and oxygen atoms in total. The van der Waals surface area contributed by atoms with E-state index in [0.29, 0.717) is 6.54 Å². The van der Waals surface area contributed by atoms with Crippen LogP contribution in [0.15, 0.2) is 34.9 Å². The first-order valence-electron chi connectivity index (χ1n) is 7.76. The summed E-state index contributed by atoms with van der Waals surface area (Å²) in [5.74, 6) is 0.222. The van der Waals surface area contributed by atoms with Crippen molar-refractivity contribution in [1.82, 2.24) is 9.88 Å². The Morgan fingerprint density at radius 2 is 2.14 bits per heavy atom. The lowest BCUT2D eigenvalue weighted by Gasteiger charge is -2.24. The summed E-state index contributed by atoms with van der Waals surface area (Å²) in [4.78, 5) is 21.0. The number of amides is 1. The number of benzene rings is 1. The zero-order valence-electron chi connectivity index (χ0n) is 12.8. The highest BCUT2D eigenvalue weighted by Gasteiger charge is 2.22. The molecule has 0 bridgehead atoms. The maximum absolute atomic E-state index is 12.5. The van der Waals surface area contributed by atoms with E-state index < -0.39 is 0 Å². The second-order valence-corrected chi connectivity index (χ2v) is 6.56. The number of hydrogen-bond donors (Lipinski definition) is 0. The highest BCUT2D eigenvalue weighted by Crippen LogP contribution is 2.28. The van der Waals surface area contributed by atoms with E-state index in [9.17, 15) is 4.79 Å². The van der Waals surface area contributed by atoms with Crippen LogP contribution in [0.25, 0.3) is 10.9 Å². The van der Waals surface area contributed by atoms with Gasteiger partial charge in [0.2, 0.25) is 5.91 Å². The molecule has 0 saturated carbocycles. The van der Waals surface area contributed by atoms with Crippen molar-refractivity contribution < 1.29 is 4.79 Å². The summed E-state index contributed by atoms with van der Waals surface area (Å²) < 4.78 is 1.03. The van der Waals surface area contributed by atoms with Gasteiger partial charge in [0, 0.05) is 41.4 Å². The highest BCUT2D eigenvalue weighted by molar-refractivity contribution is 9.10. The molecular weight excluding hydrogens is 342 g/mol. The van der Waals surface area contributed by atoms with Crippen molar-refractivity contribution in [2.75, 3.05) is 31.1 Å². The van der Waals surface area contributed by atoms with Gasteiger partial charge in [0.1, 0.15) is 0 Å². The van der Waals surface area contributed by atoms with Crippen molar-refractivity contribution in [2.24, 2.45) is 0 Å². The summed E-state index contributed by atoms with van der Waals surface area (Å²) in [5, 5.41) is 1.09. The van der Waals surface area contributed by atoms with Crippen LogP contribution in [0, 0.1) is 0 Å². The van der Waals surface area contributed by atoms with E-state index in [1.807, 2.05) is 29.3 Å². The fraction of sp³-hybridized carbons (Fsp3) is 0.412. The predicted octanol–water partition coefficient (Wildman–Crippen LogP) is 3.45. The standard InChI is InChI=1S/C17H20BrN3O/c1-2-8-20-9-3-10-21(12-17(20)22)16-6-7-19-15-5-4-13(18)11-14(15)16/h4-7,11H,2-3,8-10,12H2,1H3. The van der Waals surface area contributed by atoms with Crippen LogP contribution in [0.4, 0.5) is 5.69 Å². The van der Waals surface area contributed by atoms with Crippen LogP contribution in [0.2, 0.25) is 0 Å². The number of anilines is 1. The van der Waals surface area contributed by atoms with Gasteiger partial charge in [0.25, 0.3) is 0 Å². The predicted molar refractivity (Wildman–Crippen MR) is 93.1 cm³/mol. The molecule has 1 aliphatic rings. The van der Waals surface area contributed by atoms with E-state index in [0.717, 1.165) is 53.5 Å². The quantitative estimate of drug-likeness (QED) is 0.839. The number of aromatic nitrogens is 1. The molecule has 1 fully saturated rings. The van der Waals surface area contributed by atoms with Gasteiger partial charge in [0.15, 0.2) is 0 Å². The van der Waals surface area contributed by atoms with Crippen LogP contribution in [-0.2, 0) is 4.79 Å². The van der Waals surface area contributed by atoms with Gasteiger partial charge in [-0.15, -0.1) is 0 Å². The normalized spacial score (nSPS) is 16.2. The Labute approximate surface area is 139 Å². The first-order chi connectivity index (χ1) is 10.7. The molecule has 5 heteroatoms. The zero-order valence-corrected chi connectivity index (χ0v) is 14.3. The van der Waals surface area contributed by atoms with Crippen LogP contribution in [-0.4, -0.2) is 42.0 Å². The van der Waals surface area contributed by atoms with Crippen LogP contribution >= 0.6 is 15.9 Å². The minimum atomic E-state index is 0.222. The number of halogens is 1. The zero-order chi connectivity index (χ0) is 15.5. The molecule has 0 unspecified atom stereocenters. The number of carbonyl (C=O) groups is 1. The van der Waals surface area contributed by atoms with E-state index in [1.165, 1.54) is 0 Å². The summed E-state index contributed by atoms with van der Waals surface area (Å²) in [5.41, 5.74) is 2.06. The van der Waals surface area contributed by atoms with Gasteiger partial charge in [-0.25, -0.2) is 0 Å². The molecule has 1 saturated heterocycles. The molecule has 1 amide bonds. The lowest BCUT2D eigenvalue weighted by Crippen LogP contribution is -2.37. The van der Waals surface area contributed by atoms with E-state index >= 15 is 0 Å². The van der Waals surface area contributed by atoms with Crippen LogP contribution in [0.3, 0.4) is 0 Å². The first-order valence-corrected chi connectivity index (χ1v) is 8.55. The fourth-order valence-corrected chi connectivity index (χ4v) is 3.37. The summed E-state index contributed by atoms with van der Waals surface area (Å²) in [7, 11) is 0. The molecule has 2 aromatic rings. The van der Waals surface area contributed by atoms with Gasteiger partial charge >= 0.3 is 0 Å². The van der Waals surface area contributed by atoms with Crippen LogP contribution < -0.4 is 4.90 Å². The number of fused-ring (bicyclic) bond motifs is 1. The summed E-state index contributed by atoms with van der Waals surface area (Å²) in [6, 6.07) is 8.09. The third kappa shape index (κ3) is 3.09. The minimum Gasteiger partial charge on any atom is -0.362 e. The van der Waals surface area contributed by atoms with E-state index in [-0.39, 0.29) is 5.91 Å². The summed E-state index contributed by atoms with van der Waals surface area (Å²) in [6.07, 6.45) is 3.84. The maximum atomic E-state index is 12.5. The second kappa shape index (κ2) is 6.65. The van der Waals surface area contributed by atoms with Gasteiger partial charge in [-0.05, 0) is 37.1 Å². The lowest BCUT2D eigenvalue weighted by atomic mass is 10.1. The van der Waals surface area contributed by atoms with Crippen LogP contribution in [0.5, 0.6) is 0 Å². The molecule has 2 heterocycles. The Balaban J connectivity index is 1.94. The van der Waals surface area contributed by atoms with Gasteiger partial charge in [-0.1, -0.05) is 22.9 Å². The first kappa shape index (κ1) is 15.3. The number of pyridine rings is 1. The Hall–Kier alpha value is -1.62. The van der Waals surface area contributed by atoms with Gasteiger partial charge in [-0.3, -0.25) is 9.78 Å². The topological polar surface area (TPSA) is 36.4 Å². The van der Waals surface area contributed by atoms with Crippen molar-refractivity contribution in [3.05, 3.63) is 34.9 Å². The van der Waals surface area contributed by atoms with Crippen molar-refractivity contribution >= 4 is 38.4 Å². The maximum Gasteiger partial charge on any atom is 0.242 e. The lowest BCUT2D eigenvalue weighted by molar-refractivity contribution is -0.129. The van der Waals surface area contributed by atoms with Crippen molar-refractivity contribution in [3.8, 4) is 0 Å².